The van der Waals surface area contributed by atoms with Crippen LogP contribution < -0.4 is 10.1 Å². The van der Waals surface area contributed by atoms with E-state index >= 15 is 0 Å². The second-order valence-electron chi connectivity index (χ2n) is 5.27. The number of amidine groups is 1. The molecule has 0 aliphatic carbocycles. The topological polar surface area (TPSA) is 108 Å². The van der Waals surface area contributed by atoms with Gasteiger partial charge in [-0.3, -0.25) is 14.4 Å². The van der Waals surface area contributed by atoms with Crippen LogP contribution in [0.4, 0.5) is 0 Å². The minimum absolute atomic E-state index is 0.171. The van der Waals surface area contributed by atoms with Gasteiger partial charge in [0.05, 0.1) is 19.3 Å². The highest BCUT2D eigenvalue weighted by molar-refractivity contribution is 8.15. The molecule has 2 amide bonds. The number of ether oxygens (including phenoxy) is 1. The zero-order valence-corrected chi connectivity index (χ0v) is 14.8. The maximum atomic E-state index is 12.2. The fourth-order valence-corrected chi connectivity index (χ4v) is 4.42. The molecule has 1 aromatic rings. The van der Waals surface area contributed by atoms with E-state index in [1.54, 1.807) is 19.2 Å². The Labute approximate surface area is 152 Å². The van der Waals surface area contributed by atoms with E-state index in [1.807, 2.05) is 12.1 Å². The SMILES string of the molecule is COc1ccc([C@H]2SCC(=O)N2/N=C2/NC(=O)[C@@H](CC(=O)O)S2)cc1. The first-order valence-electron chi connectivity index (χ1n) is 7.33. The third-order valence-electron chi connectivity index (χ3n) is 3.58. The first-order chi connectivity index (χ1) is 12.0. The third-order valence-corrected chi connectivity index (χ3v) is 5.85. The van der Waals surface area contributed by atoms with E-state index in [2.05, 4.69) is 10.4 Å². The van der Waals surface area contributed by atoms with Crippen molar-refractivity contribution in [2.75, 3.05) is 12.9 Å². The van der Waals surface area contributed by atoms with Gasteiger partial charge in [-0.15, -0.1) is 16.9 Å². The van der Waals surface area contributed by atoms with Crippen molar-refractivity contribution in [3.8, 4) is 5.75 Å². The Kier molecular flexibility index (Phi) is 5.19. The maximum Gasteiger partial charge on any atom is 0.305 e. The number of carbonyl (C=O) groups excluding carboxylic acids is 2. The van der Waals surface area contributed by atoms with Crippen LogP contribution in [0.2, 0.25) is 0 Å². The van der Waals surface area contributed by atoms with E-state index in [0.29, 0.717) is 5.75 Å². The molecule has 8 nitrogen and oxygen atoms in total. The summed E-state index contributed by atoms with van der Waals surface area (Å²) >= 11 is 2.46. The molecular formula is C15H15N3O5S2. The Hall–Kier alpha value is -2.20. The summed E-state index contributed by atoms with van der Waals surface area (Å²) in [4.78, 5) is 34.7. The van der Waals surface area contributed by atoms with Crippen molar-refractivity contribution in [2.45, 2.75) is 17.0 Å². The minimum Gasteiger partial charge on any atom is -0.497 e. The van der Waals surface area contributed by atoms with E-state index in [4.69, 9.17) is 9.84 Å². The van der Waals surface area contributed by atoms with Gasteiger partial charge in [0.1, 0.15) is 16.4 Å². The summed E-state index contributed by atoms with van der Waals surface area (Å²) in [6, 6.07) is 7.32. The molecule has 2 atom stereocenters. The van der Waals surface area contributed by atoms with Crippen LogP contribution in [0.25, 0.3) is 0 Å². The smallest absolute Gasteiger partial charge is 0.305 e. The molecule has 0 radical (unpaired) electrons. The van der Waals surface area contributed by atoms with Crippen LogP contribution >= 0.6 is 23.5 Å². The Bertz CT molecular complexity index is 737. The molecule has 0 saturated carbocycles. The molecule has 132 valence electrons. The highest BCUT2D eigenvalue weighted by Gasteiger charge is 2.37. The Morgan fingerprint density at radius 3 is 2.76 bits per heavy atom. The molecule has 2 aliphatic heterocycles. The lowest BCUT2D eigenvalue weighted by molar-refractivity contribution is -0.138. The van der Waals surface area contributed by atoms with Gasteiger partial charge in [0.2, 0.25) is 5.91 Å². The average molecular weight is 381 g/mol. The fraction of sp³-hybridized carbons (Fsp3) is 0.333. The quantitative estimate of drug-likeness (QED) is 0.790. The number of nitrogens with zero attached hydrogens (tertiary/aromatic N) is 2. The second kappa shape index (κ2) is 7.36. The number of hydrazone groups is 1. The Morgan fingerprint density at radius 2 is 2.12 bits per heavy atom. The predicted octanol–water partition coefficient (Wildman–Crippen LogP) is 1.25. The number of amides is 2. The molecule has 0 bridgehead atoms. The summed E-state index contributed by atoms with van der Waals surface area (Å²) < 4.78 is 5.13. The van der Waals surface area contributed by atoms with Gasteiger partial charge in [-0.1, -0.05) is 23.9 Å². The minimum atomic E-state index is -1.06. The number of nitrogens with one attached hydrogen (secondary N) is 1. The van der Waals surface area contributed by atoms with Gasteiger partial charge in [0, 0.05) is 0 Å². The summed E-state index contributed by atoms with van der Waals surface area (Å²) in [5.74, 6) is -0.643. The van der Waals surface area contributed by atoms with Crippen molar-refractivity contribution in [1.82, 2.24) is 10.3 Å². The molecule has 25 heavy (non-hydrogen) atoms. The standard InChI is InChI=1S/C15H15N3O5S2/c1-23-9-4-2-8(3-5-9)14-18(11(19)7-24-14)17-15-16-13(22)10(25-15)6-12(20)21/h2-5,10,14H,6-7H2,1H3,(H,20,21)(H,16,17,22)/t10-,14-/m1/s1. The number of carboxylic acid groups (broad SMARTS) is 1. The normalized spacial score (nSPS) is 24.7. The summed E-state index contributed by atoms with van der Waals surface area (Å²) in [5.41, 5.74) is 0.886. The lowest BCUT2D eigenvalue weighted by atomic mass is 10.2. The predicted molar refractivity (Wildman–Crippen MR) is 94.2 cm³/mol. The number of rotatable bonds is 5. The first kappa shape index (κ1) is 17.6. The largest absolute Gasteiger partial charge is 0.497 e. The van der Waals surface area contributed by atoms with Crippen LogP contribution in [-0.2, 0) is 14.4 Å². The van der Waals surface area contributed by atoms with Crippen molar-refractivity contribution in [3.05, 3.63) is 29.8 Å². The molecule has 2 N–H and O–H groups in total. The molecule has 2 heterocycles. The van der Waals surface area contributed by atoms with Crippen molar-refractivity contribution < 1.29 is 24.2 Å². The molecule has 0 aromatic heterocycles. The van der Waals surface area contributed by atoms with Gasteiger partial charge in [-0.05, 0) is 17.7 Å². The lowest BCUT2D eigenvalue weighted by Crippen LogP contribution is -2.29. The molecule has 2 fully saturated rings. The number of benzene rings is 1. The van der Waals surface area contributed by atoms with E-state index in [9.17, 15) is 14.4 Å². The number of aliphatic carboxylic acids is 1. The van der Waals surface area contributed by atoms with E-state index < -0.39 is 17.1 Å². The second-order valence-corrected chi connectivity index (χ2v) is 7.53. The van der Waals surface area contributed by atoms with Gasteiger partial charge < -0.3 is 15.2 Å². The summed E-state index contributed by atoms with van der Waals surface area (Å²) in [6.45, 7) is 0. The monoisotopic (exact) mass is 381 g/mol. The fourth-order valence-electron chi connectivity index (χ4n) is 2.37. The van der Waals surface area contributed by atoms with E-state index in [-0.39, 0.29) is 28.6 Å². The van der Waals surface area contributed by atoms with Gasteiger partial charge in [0.15, 0.2) is 5.17 Å². The van der Waals surface area contributed by atoms with Gasteiger partial charge in [-0.25, -0.2) is 5.01 Å². The zero-order valence-electron chi connectivity index (χ0n) is 13.2. The van der Waals surface area contributed by atoms with Crippen LogP contribution in [0.3, 0.4) is 0 Å². The van der Waals surface area contributed by atoms with Gasteiger partial charge >= 0.3 is 5.97 Å². The van der Waals surface area contributed by atoms with Crippen molar-refractivity contribution in [1.29, 1.82) is 0 Å². The maximum absolute atomic E-state index is 12.2. The highest BCUT2D eigenvalue weighted by atomic mass is 32.2. The highest BCUT2D eigenvalue weighted by Crippen LogP contribution is 2.40. The Morgan fingerprint density at radius 1 is 1.40 bits per heavy atom. The van der Waals surface area contributed by atoms with Gasteiger partial charge in [0.25, 0.3) is 5.91 Å². The number of methoxy groups -OCH3 is 1. The first-order valence-corrected chi connectivity index (χ1v) is 9.26. The molecule has 0 spiro atoms. The van der Waals surface area contributed by atoms with E-state index in [0.717, 1.165) is 17.3 Å². The number of thioether (sulfide) groups is 2. The molecule has 3 rings (SSSR count). The molecule has 2 aliphatic rings. The molecule has 2 saturated heterocycles. The van der Waals surface area contributed by atoms with Crippen molar-refractivity contribution in [2.24, 2.45) is 5.10 Å². The van der Waals surface area contributed by atoms with Crippen LogP contribution in [0.1, 0.15) is 17.4 Å². The average Bonchev–Trinajstić information content (AvgIpc) is 3.11. The number of hydrogen-bond acceptors (Lipinski definition) is 7. The number of hydrogen-bond donors (Lipinski definition) is 2. The summed E-state index contributed by atoms with van der Waals surface area (Å²) in [7, 11) is 1.58. The van der Waals surface area contributed by atoms with Crippen LogP contribution in [0.5, 0.6) is 5.75 Å². The van der Waals surface area contributed by atoms with Crippen LogP contribution in [0.15, 0.2) is 29.4 Å². The molecule has 0 unspecified atom stereocenters. The van der Waals surface area contributed by atoms with E-state index in [1.165, 1.54) is 16.8 Å². The molecule has 1 aromatic carbocycles. The van der Waals surface area contributed by atoms with Crippen molar-refractivity contribution >= 4 is 46.5 Å². The molecule has 10 heteroatoms. The number of carbonyl (C=O) groups is 3. The third kappa shape index (κ3) is 3.90. The lowest BCUT2D eigenvalue weighted by Gasteiger charge is -2.19. The summed E-state index contributed by atoms with van der Waals surface area (Å²) in [6.07, 6.45) is -0.292. The van der Waals surface area contributed by atoms with Gasteiger partial charge in [-0.2, -0.15) is 0 Å². The summed E-state index contributed by atoms with van der Waals surface area (Å²) in [5, 5.41) is 16.1. The number of carboxylic acids is 1. The Balaban J connectivity index is 1.78. The molecular weight excluding hydrogens is 366 g/mol. The zero-order chi connectivity index (χ0) is 18.0. The van der Waals surface area contributed by atoms with Crippen LogP contribution in [-0.4, -0.2) is 51.2 Å². The van der Waals surface area contributed by atoms with Crippen LogP contribution in [0, 0.1) is 0 Å². The van der Waals surface area contributed by atoms with Crippen molar-refractivity contribution in [3.63, 3.8) is 0 Å².